The summed E-state index contributed by atoms with van der Waals surface area (Å²) in [6, 6.07) is 3.50. The fourth-order valence-corrected chi connectivity index (χ4v) is 1.70. The van der Waals surface area contributed by atoms with Crippen LogP contribution in [0.1, 0.15) is 24.2 Å². The van der Waals surface area contributed by atoms with E-state index in [-0.39, 0.29) is 12.0 Å². The molecule has 0 unspecified atom stereocenters. The lowest BCUT2D eigenvalue weighted by Gasteiger charge is -2.18. The number of hydrogen-bond acceptors (Lipinski definition) is 3. The molecular weight excluding hydrogens is 284 g/mol. The number of ether oxygens (including phenoxy) is 1. The molecule has 1 aromatic rings. The van der Waals surface area contributed by atoms with Crippen LogP contribution in [0.4, 0.5) is 0 Å². The number of likely N-dealkylation sites (N-methyl/N-ethyl adjacent to an activating group) is 1. The van der Waals surface area contributed by atoms with E-state index in [9.17, 15) is 4.79 Å². The van der Waals surface area contributed by atoms with Crippen molar-refractivity contribution in [3.63, 3.8) is 0 Å². The summed E-state index contributed by atoms with van der Waals surface area (Å²) in [5, 5.41) is 0. The topological polar surface area (TPSA) is 42.4 Å². The molecule has 1 heterocycles. The molecular formula is C12H17BrN2O2. The summed E-state index contributed by atoms with van der Waals surface area (Å²) in [6.07, 6.45) is 1.83. The van der Waals surface area contributed by atoms with Gasteiger partial charge in [0.05, 0.1) is 18.3 Å². The minimum absolute atomic E-state index is 0.0580. The number of carbonyl (C=O) groups excluding carboxylic acids is 1. The Hall–Kier alpha value is -0.940. The smallest absolute Gasteiger partial charge is 0.256 e. The van der Waals surface area contributed by atoms with Gasteiger partial charge in [-0.2, -0.15) is 0 Å². The Morgan fingerprint density at radius 2 is 2.29 bits per heavy atom. The van der Waals surface area contributed by atoms with Gasteiger partial charge in [-0.25, -0.2) is 4.98 Å². The van der Waals surface area contributed by atoms with Gasteiger partial charge in [-0.1, -0.05) is 0 Å². The molecule has 1 aromatic heterocycles. The van der Waals surface area contributed by atoms with Crippen LogP contribution >= 0.6 is 15.9 Å². The first-order chi connectivity index (χ1) is 8.02. The number of amides is 1. The van der Waals surface area contributed by atoms with E-state index in [0.29, 0.717) is 23.3 Å². The zero-order valence-corrected chi connectivity index (χ0v) is 11.9. The molecule has 1 rings (SSSR count). The fraction of sp³-hybridized carbons (Fsp3) is 0.500. The molecule has 0 saturated heterocycles. The van der Waals surface area contributed by atoms with Gasteiger partial charge in [-0.15, -0.1) is 0 Å². The third kappa shape index (κ3) is 4.44. The Morgan fingerprint density at radius 3 is 2.88 bits per heavy atom. The first-order valence-electron chi connectivity index (χ1n) is 5.50. The van der Waals surface area contributed by atoms with E-state index in [4.69, 9.17) is 4.74 Å². The van der Waals surface area contributed by atoms with Gasteiger partial charge in [0.15, 0.2) is 0 Å². The van der Waals surface area contributed by atoms with Crippen molar-refractivity contribution in [1.82, 2.24) is 9.88 Å². The quantitative estimate of drug-likeness (QED) is 0.784. The Bertz CT molecular complexity index is 383. The van der Waals surface area contributed by atoms with Gasteiger partial charge in [0.1, 0.15) is 4.60 Å². The molecule has 0 spiro atoms. The lowest BCUT2D eigenvalue weighted by atomic mass is 10.2. The molecule has 0 N–H and O–H groups in total. The summed E-state index contributed by atoms with van der Waals surface area (Å²) < 4.78 is 5.98. The van der Waals surface area contributed by atoms with Crippen LogP contribution in [-0.4, -0.2) is 42.1 Å². The van der Waals surface area contributed by atoms with Gasteiger partial charge in [-0.3, -0.25) is 4.79 Å². The predicted octanol–water partition coefficient (Wildman–Crippen LogP) is 2.34. The summed E-state index contributed by atoms with van der Waals surface area (Å²) in [4.78, 5) is 17.7. The zero-order valence-electron chi connectivity index (χ0n) is 10.3. The van der Waals surface area contributed by atoms with Crippen molar-refractivity contribution in [3.8, 4) is 0 Å². The summed E-state index contributed by atoms with van der Waals surface area (Å²) in [5.74, 6) is -0.0580. The van der Waals surface area contributed by atoms with E-state index in [0.717, 1.165) is 0 Å². The van der Waals surface area contributed by atoms with E-state index in [2.05, 4.69) is 20.9 Å². The third-order valence-corrected chi connectivity index (χ3v) is 2.85. The molecule has 0 aliphatic rings. The van der Waals surface area contributed by atoms with Crippen LogP contribution in [0.15, 0.2) is 22.9 Å². The maximum Gasteiger partial charge on any atom is 0.256 e. The van der Waals surface area contributed by atoms with Gasteiger partial charge in [0.25, 0.3) is 5.91 Å². The van der Waals surface area contributed by atoms with E-state index < -0.39 is 0 Å². The molecule has 0 aromatic carbocycles. The maximum absolute atomic E-state index is 12.0. The van der Waals surface area contributed by atoms with Crippen molar-refractivity contribution in [2.24, 2.45) is 0 Å². The van der Waals surface area contributed by atoms with Crippen molar-refractivity contribution in [2.75, 3.05) is 20.2 Å². The number of nitrogens with zero attached hydrogens (tertiary/aromatic N) is 2. The predicted molar refractivity (Wildman–Crippen MR) is 70.0 cm³/mol. The van der Waals surface area contributed by atoms with Crippen LogP contribution in [0, 0.1) is 0 Å². The second-order valence-electron chi connectivity index (χ2n) is 3.99. The Balaban J connectivity index is 2.55. The molecule has 1 amide bonds. The summed E-state index contributed by atoms with van der Waals surface area (Å²) in [7, 11) is 1.76. The van der Waals surface area contributed by atoms with E-state index in [1.54, 1.807) is 30.3 Å². The summed E-state index contributed by atoms with van der Waals surface area (Å²) in [5.41, 5.74) is 0.569. The normalized spacial score (nSPS) is 10.6. The molecule has 0 bridgehead atoms. The molecule has 17 heavy (non-hydrogen) atoms. The van der Waals surface area contributed by atoms with E-state index in [1.807, 2.05) is 13.8 Å². The summed E-state index contributed by atoms with van der Waals surface area (Å²) >= 11 is 3.27. The minimum atomic E-state index is -0.0580. The molecule has 5 heteroatoms. The summed E-state index contributed by atoms with van der Waals surface area (Å²) in [6.45, 7) is 5.05. The second kappa shape index (κ2) is 6.71. The Kier molecular flexibility index (Phi) is 5.58. The average molecular weight is 301 g/mol. The number of rotatable bonds is 5. The lowest BCUT2D eigenvalue weighted by molar-refractivity contribution is 0.0531. The van der Waals surface area contributed by atoms with Crippen molar-refractivity contribution in [2.45, 2.75) is 20.0 Å². The average Bonchev–Trinajstić information content (AvgIpc) is 2.28. The highest BCUT2D eigenvalue weighted by Crippen LogP contribution is 2.14. The van der Waals surface area contributed by atoms with Crippen LogP contribution in [0.2, 0.25) is 0 Å². The van der Waals surface area contributed by atoms with E-state index >= 15 is 0 Å². The Labute approximate surface area is 110 Å². The fourth-order valence-electron chi connectivity index (χ4n) is 1.28. The maximum atomic E-state index is 12.0. The molecule has 0 atom stereocenters. The first kappa shape index (κ1) is 14.1. The number of carbonyl (C=O) groups is 1. The number of hydrogen-bond donors (Lipinski definition) is 0. The molecule has 0 saturated carbocycles. The molecule has 94 valence electrons. The van der Waals surface area contributed by atoms with Crippen LogP contribution in [0.25, 0.3) is 0 Å². The highest BCUT2D eigenvalue weighted by Gasteiger charge is 2.14. The molecule has 4 nitrogen and oxygen atoms in total. The van der Waals surface area contributed by atoms with Crippen LogP contribution in [-0.2, 0) is 4.74 Å². The molecule has 0 radical (unpaired) electrons. The van der Waals surface area contributed by atoms with Crippen molar-refractivity contribution in [3.05, 3.63) is 28.5 Å². The second-order valence-corrected chi connectivity index (χ2v) is 4.74. The van der Waals surface area contributed by atoms with Gasteiger partial charge >= 0.3 is 0 Å². The van der Waals surface area contributed by atoms with Crippen LogP contribution in [0.5, 0.6) is 0 Å². The van der Waals surface area contributed by atoms with E-state index in [1.165, 1.54) is 0 Å². The van der Waals surface area contributed by atoms with Gasteiger partial charge in [0.2, 0.25) is 0 Å². The van der Waals surface area contributed by atoms with Crippen molar-refractivity contribution in [1.29, 1.82) is 0 Å². The first-order valence-corrected chi connectivity index (χ1v) is 6.29. The standard InChI is InChI=1S/C12H17BrN2O2/c1-9(2)17-8-7-15(3)12(16)10-5-4-6-14-11(10)13/h4-6,9H,7-8H2,1-3H3. The largest absolute Gasteiger partial charge is 0.377 e. The zero-order chi connectivity index (χ0) is 12.8. The highest BCUT2D eigenvalue weighted by atomic mass is 79.9. The number of aromatic nitrogens is 1. The lowest BCUT2D eigenvalue weighted by Crippen LogP contribution is -2.31. The minimum Gasteiger partial charge on any atom is -0.377 e. The number of halogens is 1. The van der Waals surface area contributed by atoms with Gasteiger partial charge in [0, 0.05) is 19.8 Å². The number of pyridine rings is 1. The van der Waals surface area contributed by atoms with Crippen molar-refractivity contribution >= 4 is 21.8 Å². The van der Waals surface area contributed by atoms with Gasteiger partial charge in [-0.05, 0) is 41.9 Å². The van der Waals surface area contributed by atoms with Crippen LogP contribution in [0.3, 0.4) is 0 Å². The monoisotopic (exact) mass is 300 g/mol. The molecule has 0 aliphatic heterocycles. The van der Waals surface area contributed by atoms with Gasteiger partial charge < -0.3 is 9.64 Å². The van der Waals surface area contributed by atoms with Crippen molar-refractivity contribution < 1.29 is 9.53 Å². The highest BCUT2D eigenvalue weighted by molar-refractivity contribution is 9.10. The molecule has 0 fully saturated rings. The third-order valence-electron chi connectivity index (χ3n) is 2.21. The SMILES string of the molecule is CC(C)OCCN(C)C(=O)c1cccnc1Br. The molecule has 0 aliphatic carbocycles. The van der Waals surface area contributed by atoms with Crippen LogP contribution < -0.4 is 0 Å². The Morgan fingerprint density at radius 1 is 1.59 bits per heavy atom.